The predicted octanol–water partition coefficient (Wildman–Crippen LogP) is 5.92. The van der Waals surface area contributed by atoms with Gasteiger partial charge in [0.2, 0.25) is 0 Å². The Hall–Kier alpha value is -2.91. The highest BCUT2D eigenvalue weighted by Crippen LogP contribution is 2.28. The Morgan fingerprint density at radius 3 is 2.41 bits per heavy atom. The number of benzene rings is 2. The molecule has 1 amide bonds. The van der Waals surface area contributed by atoms with Gasteiger partial charge in [-0.1, -0.05) is 52.6 Å². The van der Waals surface area contributed by atoms with Crippen molar-refractivity contribution in [2.24, 2.45) is 5.10 Å². The molecule has 2 aromatic carbocycles. The number of amides is 1. The maximum atomic E-state index is 12.5. The summed E-state index contributed by atoms with van der Waals surface area (Å²) in [7, 11) is 0. The monoisotopic (exact) mass is 530 g/mol. The Morgan fingerprint density at radius 2 is 1.71 bits per heavy atom. The van der Waals surface area contributed by atoms with Crippen molar-refractivity contribution >= 4 is 58.2 Å². The standard InChI is InChI=1S/C23H17Cl3N6OS/c1-14(19-7-4-17(25)12-20(19)26)28-29-21(33)13-34-23-31-30-22(15-8-10-27-11-9-15)32(23)18-5-2-16(24)3-6-18/h2-12H,13H2,1H3,(H,29,33). The van der Waals surface area contributed by atoms with Gasteiger partial charge in [-0.3, -0.25) is 14.3 Å². The highest BCUT2D eigenvalue weighted by molar-refractivity contribution is 7.99. The molecule has 2 heterocycles. The lowest BCUT2D eigenvalue weighted by molar-refractivity contribution is -0.118. The quantitative estimate of drug-likeness (QED) is 0.182. The number of hydrogen-bond donors (Lipinski definition) is 1. The number of rotatable bonds is 7. The fourth-order valence-corrected chi connectivity index (χ4v) is 4.44. The molecule has 34 heavy (non-hydrogen) atoms. The highest BCUT2D eigenvalue weighted by Gasteiger charge is 2.17. The maximum Gasteiger partial charge on any atom is 0.250 e. The van der Waals surface area contributed by atoms with Gasteiger partial charge in [0.15, 0.2) is 11.0 Å². The van der Waals surface area contributed by atoms with Crippen LogP contribution in [0.15, 0.2) is 77.2 Å². The zero-order valence-electron chi connectivity index (χ0n) is 17.7. The van der Waals surface area contributed by atoms with E-state index in [2.05, 4.69) is 25.7 Å². The highest BCUT2D eigenvalue weighted by atomic mass is 35.5. The number of thioether (sulfide) groups is 1. The number of halogens is 3. The summed E-state index contributed by atoms with van der Waals surface area (Å²) in [5, 5.41) is 14.9. The van der Waals surface area contributed by atoms with Crippen LogP contribution in [0.2, 0.25) is 15.1 Å². The number of nitrogens with one attached hydrogen (secondary N) is 1. The molecule has 0 fully saturated rings. The number of pyridine rings is 1. The van der Waals surface area contributed by atoms with E-state index in [4.69, 9.17) is 34.8 Å². The largest absolute Gasteiger partial charge is 0.272 e. The SMILES string of the molecule is CC(=NNC(=O)CSc1nnc(-c2ccncc2)n1-c1ccc(Cl)cc1)c1ccc(Cl)cc1Cl. The molecule has 4 aromatic rings. The minimum Gasteiger partial charge on any atom is -0.272 e. The Morgan fingerprint density at radius 1 is 1.00 bits per heavy atom. The van der Waals surface area contributed by atoms with Crippen LogP contribution in [0.25, 0.3) is 17.1 Å². The molecule has 0 saturated heterocycles. The molecule has 0 aliphatic rings. The zero-order valence-corrected chi connectivity index (χ0v) is 20.8. The van der Waals surface area contributed by atoms with Crippen molar-refractivity contribution in [3.8, 4) is 17.1 Å². The van der Waals surface area contributed by atoms with Crippen LogP contribution in [0.5, 0.6) is 0 Å². The molecule has 0 aliphatic carbocycles. The second-order valence-electron chi connectivity index (χ2n) is 7.00. The van der Waals surface area contributed by atoms with E-state index in [-0.39, 0.29) is 11.7 Å². The first kappa shape index (κ1) is 24.2. The molecule has 0 radical (unpaired) electrons. The van der Waals surface area contributed by atoms with Gasteiger partial charge in [0.1, 0.15) is 0 Å². The summed E-state index contributed by atoms with van der Waals surface area (Å²) in [5.41, 5.74) is 5.45. The third kappa shape index (κ3) is 5.77. The third-order valence-electron chi connectivity index (χ3n) is 4.66. The molecule has 4 rings (SSSR count). The van der Waals surface area contributed by atoms with E-state index in [1.165, 1.54) is 11.8 Å². The van der Waals surface area contributed by atoms with E-state index >= 15 is 0 Å². The summed E-state index contributed by atoms with van der Waals surface area (Å²) in [6.07, 6.45) is 3.37. The summed E-state index contributed by atoms with van der Waals surface area (Å²) in [6.45, 7) is 1.75. The van der Waals surface area contributed by atoms with Crippen LogP contribution in [-0.2, 0) is 4.79 Å². The van der Waals surface area contributed by atoms with Crippen molar-refractivity contribution in [2.75, 3.05) is 5.75 Å². The fraction of sp³-hybridized carbons (Fsp3) is 0.0870. The molecule has 0 bridgehead atoms. The molecule has 172 valence electrons. The Kier molecular flexibility index (Phi) is 7.84. The van der Waals surface area contributed by atoms with Crippen LogP contribution in [-0.4, -0.2) is 37.1 Å². The molecule has 0 unspecified atom stereocenters. The molecule has 1 N–H and O–H groups in total. The first-order valence-electron chi connectivity index (χ1n) is 9.95. The van der Waals surface area contributed by atoms with Crippen molar-refractivity contribution in [3.05, 3.63) is 87.6 Å². The molecule has 0 aliphatic heterocycles. The smallest absolute Gasteiger partial charge is 0.250 e. The second-order valence-corrected chi connectivity index (χ2v) is 9.22. The number of hydrazone groups is 1. The van der Waals surface area contributed by atoms with Crippen LogP contribution >= 0.6 is 46.6 Å². The molecule has 2 aromatic heterocycles. The van der Waals surface area contributed by atoms with Gasteiger partial charge >= 0.3 is 0 Å². The second kappa shape index (κ2) is 11.0. The fourth-order valence-electron chi connectivity index (χ4n) is 3.03. The van der Waals surface area contributed by atoms with Gasteiger partial charge < -0.3 is 0 Å². The lowest BCUT2D eigenvalue weighted by atomic mass is 10.1. The van der Waals surface area contributed by atoms with Crippen LogP contribution < -0.4 is 5.43 Å². The lowest BCUT2D eigenvalue weighted by Gasteiger charge is -2.10. The number of carbonyl (C=O) groups excluding carboxylic acids is 1. The van der Waals surface area contributed by atoms with Crippen LogP contribution in [0.3, 0.4) is 0 Å². The van der Waals surface area contributed by atoms with Crippen LogP contribution in [0.4, 0.5) is 0 Å². The van der Waals surface area contributed by atoms with Gasteiger partial charge in [-0.15, -0.1) is 10.2 Å². The van der Waals surface area contributed by atoms with E-state index in [0.717, 1.165) is 11.3 Å². The summed E-state index contributed by atoms with van der Waals surface area (Å²) in [4.78, 5) is 16.5. The first-order valence-corrected chi connectivity index (χ1v) is 12.1. The van der Waals surface area contributed by atoms with Crippen LogP contribution in [0.1, 0.15) is 12.5 Å². The Bertz CT molecular complexity index is 1340. The van der Waals surface area contributed by atoms with Crippen molar-refractivity contribution < 1.29 is 4.79 Å². The van der Waals surface area contributed by atoms with Gasteiger partial charge in [0, 0.05) is 39.3 Å². The maximum absolute atomic E-state index is 12.5. The zero-order chi connectivity index (χ0) is 24.1. The van der Waals surface area contributed by atoms with E-state index in [1.54, 1.807) is 49.6 Å². The number of aromatic nitrogens is 4. The molecule has 0 spiro atoms. The van der Waals surface area contributed by atoms with Crippen molar-refractivity contribution in [3.63, 3.8) is 0 Å². The number of hydrogen-bond acceptors (Lipinski definition) is 6. The molecule has 7 nitrogen and oxygen atoms in total. The molecular weight excluding hydrogens is 515 g/mol. The molecule has 11 heteroatoms. The summed E-state index contributed by atoms with van der Waals surface area (Å²) >= 11 is 19.4. The third-order valence-corrected chi connectivity index (χ3v) is 6.39. The normalized spacial score (nSPS) is 11.5. The van der Waals surface area contributed by atoms with Gasteiger partial charge in [0.05, 0.1) is 16.5 Å². The van der Waals surface area contributed by atoms with Crippen molar-refractivity contribution in [1.82, 2.24) is 25.2 Å². The summed E-state index contributed by atoms with van der Waals surface area (Å²) in [6, 6.07) is 16.1. The minimum absolute atomic E-state index is 0.0766. The average molecular weight is 532 g/mol. The summed E-state index contributed by atoms with van der Waals surface area (Å²) in [5.74, 6) is 0.400. The van der Waals surface area contributed by atoms with E-state index < -0.39 is 0 Å². The van der Waals surface area contributed by atoms with Gasteiger partial charge in [-0.05, 0) is 55.5 Å². The van der Waals surface area contributed by atoms with E-state index in [0.29, 0.717) is 37.3 Å². The molecule has 0 saturated carbocycles. The van der Waals surface area contributed by atoms with E-state index in [9.17, 15) is 4.79 Å². The summed E-state index contributed by atoms with van der Waals surface area (Å²) < 4.78 is 1.87. The predicted molar refractivity (Wildman–Crippen MR) is 137 cm³/mol. The van der Waals surface area contributed by atoms with Gasteiger partial charge in [-0.2, -0.15) is 5.10 Å². The molecular formula is C23H17Cl3N6OS. The first-order chi connectivity index (χ1) is 16.4. The topological polar surface area (TPSA) is 85.1 Å². The van der Waals surface area contributed by atoms with Crippen LogP contribution in [0, 0.1) is 0 Å². The van der Waals surface area contributed by atoms with Crippen molar-refractivity contribution in [2.45, 2.75) is 12.1 Å². The lowest BCUT2D eigenvalue weighted by Crippen LogP contribution is -2.21. The van der Waals surface area contributed by atoms with Gasteiger partial charge in [-0.25, -0.2) is 5.43 Å². The molecule has 0 atom stereocenters. The van der Waals surface area contributed by atoms with Crippen molar-refractivity contribution in [1.29, 1.82) is 0 Å². The number of nitrogens with zero attached hydrogens (tertiary/aromatic N) is 5. The Labute approximate surface area is 215 Å². The average Bonchev–Trinajstić information content (AvgIpc) is 3.26. The van der Waals surface area contributed by atoms with E-state index in [1.807, 2.05) is 28.8 Å². The van der Waals surface area contributed by atoms with Gasteiger partial charge in [0.25, 0.3) is 5.91 Å². The minimum atomic E-state index is -0.300. The Balaban J connectivity index is 1.52. The number of carbonyl (C=O) groups is 1.